The Labute approximate surface area is 154 Å². The first-order chi connectivity index (χ1) is 12.9. The van der Waals surface area contributed by atoms with E-state index < -0.39 is 0 Å². The summed E-state index contributed by atoms with van der Waals surface area (Å²) in [5.74, 6) is 0.420. The summed E-state index contributed by atoms with van der Waals surface area (Å²) in [6.45, 7) is 1.20. The molecule has 1 saturated heterocycles. The van der Waals surface area contributed by atoms with Crippen LogP contribution in [0.25, 0.3) is 5.52 Å². The number of hydrogen-bond acceptors (Lipinski definition) is 5. The fraction of sp³-hybridized carbons (Fsp3) is 0.333. The molecular weight excluding hydrogens is 348 g/mol. The Balaban J connectivity index is 1.49. The van der Waals surface area contributed by atoms with Gasteiger partial charge in [-0.1, -0.05) is 0 Å². The van der Waals surface area contributed by atoms with E-state index in [1.54, 1.807) is 36.1 Å². The number of anilines is 1. The van der Waals surface area contributed by atoms with Gasteiger partial charge in [-0.15, -0.1) is 0 Å². The number of carbonyl (C=O) groups excluding carboxylic acids is 1. The Hall–Kier alpha value is -3.36. The predicted octanol–water partition coefficient (Wildman–Crippen LogP) is -0.260. The van der Waals surface area contributed by atoms with Crippen molar-refractivity contribution in [2.24, 2.45) is 14.1 Å². The van der Waals surface area contributed by atoms with E-state index in [-0.39, 0.29) is 23.2 Å². The third-order valence-electron chi connectivity index (χ3n) is 5.01. The molecule has 1 fully saturated rings. The lowest BCUT2D eigenvalue weighted by molar-refractivity contribution is 0.0940. The molecule has 4 heterocycles. The SMILES string of the molecule is Cn1c(N2CC[C@H](NC(=O)c3ccn4nccc4c3)C2)cc(=O)n(C)c1=O. The second-order valence-corrected chi connectivity index (χ2v) is 6.76. The predicted molar refractivity (Wildman–Crippen MR) is 100 cm³/mol. The molecule has 4 rings (SSSR count). The number of nitrogens with zero attached hydrogens (tertiary/aromatic N) is 5. The minimum atomic E-state index is -0.362. The van der Waals surface area contributed by atoms with Crippen molar-refractivity contribution in [3.63, 3.8) is 0 Å². The van der Waals surface area contributed by atoms with Crippen LogP contribution in [0.5, 0.6) is 0 Å². The Morgan fingerprint density at radius 3 is 2.81 bits per heavy atom. The van der Waals surface area contributed by atoms with Gasteiger partial charge in [0.05, 0.1) is 5.52 Å². The van der Waals surface area contributed by atoms with Crippen molar-refractivity contribution in [3.05, 3.63) is 63.1 Å². The summed E-state index contributed by atoms with van der Waals surface area (Å²) in [4.78, 5) is 38.6. The van der Waals surface area contributed by atoms with E-state index in [0.717, 1.165) is 16.5 Å². The third-order valence-corrected chi connectivity index (χ3v) is 5.01. The topological polar surface area (TPSA) is 93.6 Å². The molecule has 140 valence electrons. The zero-order valence-electron chi connectivity index (χ0n) is 15.1. The first-order valence-corrected chi connectivity index (χ1v) is 8.70. The highest BCUT2D eigenvalue weighted by atomic mass is 16.2. The standard InChI is InChI=1S/C18H20N6O3/c1-21-15(10-16(25)22(2)18(21)27)23-7-5-13(11-23)20-17(26)12-4-8-24-14(9-12)3-6-19-24/h3-4,6,8-10,13H,5,7,11H2,1-2H3,(H,20,26)/t13-/m0/s1. The number of carbonyl (C=O) groups is 1. The van der Waals surface area contributed by atoms with Crippen LogP contribution in [0.1, 0.15) is 16.8 Å². The maximum absolute atomic E-state index is 12.6. The zero-order valence-corrected chi connectivity index (χ0v) is 15.1. The molecule has 9 nitrogen and oxygen atoms in total. The van der Waals surface area contributed by atoms with Crippen molar-refractivity contribution < 1.29 is 4.79 Å². The summed E-state index contributed by atoms with van der Waals surface area (Å²) < 4.78 is 4.23. The number of rotatable bonds is 3. The van der Waals surface area contributed by atoms with Gasteiger partial charge in [0.2, 0.25) is 0 Å². The van der Waals surface area contributed by atoms with E-state index in [4.69, 9.17) is 0 Å². The molecule has 27 heavy (non-hydrogen) atoms. The van der Waals surface area contributed by atoms with Crippen LogP contribution in [-0.4, -0.2) is 43.8 Å². The van der Waals surface area contributed by atoms with Crippen molar-refractivity contribution in [1.82, 2.24) is 24.1 Å². The number of pyridine rings is 1. The van der Waals surface area contributed by atoms with Crippen LogP contribution in [0.2, 0.25) is 0 Å². The van der Waals surface area contributed by atoms with Crippen LogP contribution >= 0.6 is 0 Å². The van der Waals surface area contributed by atoms with E-state index in [1.165, 1.54) is 17.7 Å². The van der Waals surface area contributed by atoms with Gasteiger partial charge in [-0.05, 0) is 24.6 Å². The molecule has 0 unspecified atom stereocenters. The average Bonchev–Trinajstić information content (AvgIpc) is 3.31. The van der Waals surface area contributed by atoms with E-state index in [1.807, 2.05) is 11.0 Å². The molecule has 1 amide bonds. The van der Waals surface area contributed by atoms with Crippen molar-refractivity contribution in [3.8, 4) is 0 Å². The van der Waals surface area contributed by atoms with Gasteiger partial charge in [0.25, 0.3) is 11.5 Å². The smallest absolute Gasteiger partial charge is 0.332 e. The normalized spacial score (nSPS) is 16.8. The second-order valence-electron chi connectivity index (χ2n) is 6.76. The molecule has 9 heteroatoms. The van der Waals surface area contributed by atoms with Gasteiger partial charge in [-0.3, -0.25) is 18.7 Å². The Bertz CT molecular complexity index is 1140. The van der Waals surface area contributed by atoms with E-state index >= 15 is 0 Å². The zero-order chi connectivity index (χ0) is 19.1. The summed E-state index contributed by atoms with van der Waals surface area (Å²) in [5.41, 5.74) is 0.724. The maximum Gasteiger partial charge on any atom is 0.332 e. The van der Waals surface area contributed by atoms with Crippen molar-refractivity contribution >= 4 is 17.2 Å². The molecule has 0 radical (unpaired) electrons. The van der Waals surface area contributed by atoms with Gasteiger partial charge in [0, 0.05) is 57.3 Å². The Morgan fingerprint density at radius 1 is 1.19 bits per heavy atom. The molecule has 1 aliphatic rings. The molecule has 0 saturated carbocycles. The fourth-order valence-corrected chi connectivity index (χ4v) is 3.44. The molecule has 1 N–H and O–H groups in total. The van der Waals surface area contributed by atoms with Crippen LogP contribution in [0, 0.1) is 0 Å². The van der Waals surface area contributed by atoms with Crippen LogP contribution < -0.4 is 21.5 Å². The molecular formula is C18H20N6O3. The highest BCUT2D eigenvalue weighted by Crippen LogP contribution is 2.18. The summed E-state index contributed by atoms with van der Waals surface area (Å²) in [6, 6.07) is 6.76. The summed E-state index contributed by atoms with van der Waals surface area (Å²) in [6.07, 6.45) is 4.17. The number of nitrogens with one attached hydrogen (secondary N) is 1. The maximum atomic E-state index is 12.6. The van der Waals surface area contributed by atoms with E-state index in [9.17, 15) is 14.4 Å². The van der Waals surface area contributed by atoms with Crippen LogP contribution in [0.3, 0.4) is 0 Å². The molecule has 3 aromatic heterocycles. The van der Waals surface area contributed by atoms with Gasteiger partial charge >= 0.3 is 5.69 Å². The van der Waals surface area contributed by atoms with Crippen LogP contribution in [-0.2, 0) is 14.1 Å². The first-order valence-electron chi connectivity index (χ1n) is 8.70. The largest absolute Gasteiger partial charge is 0.356 e. The number of amides is 1. The molecule has 0 aromatic carbocycles. The summed E-state index contributed by atoms with van der Waals surface area (Å²) >= 11 is 0. The quantitative estimate of drug-likeness (QED) is 0.688. The molecule has 1 atom stereocenters. The van der Waals surface area contributed by atoms with Gasteiger partial charge < -0.3 is 10.2 Å². The number of hydrogen-bond donors (Lipinski definition) is 1. The minimum absolute atomic E-state index is 0.0576. The molecule has 3 aromatic rings. The van der Waals surface area contributed by atoms with Crippen molar-refractivity contribution in [2.75, 3.05) is 18.0 Å². The van der Waals surface area contributed by atoms with Crippen molar-refractivity contribution in [1.29, 1.82) is 0 Å². The lowest BCUT2D eigenvalue weighted by Crippen LogP contribution is -2.41. The summed E-state index contributed by atoms with van der Waals surface area (Å²) in [7, 11) is 3.10. The monoisotopic (exact) mass is 368 g/mol. The highest BCUT2D eigenvalue weighted by molar-refractivity contribution is 5.95. The Kier molecular flexibility index (Phi) is 4.06. The number of aromatic nitrogens is 4. The van der Waals surface area contributed by atoms with Gasteiger partial charge in [0.15, 0.2) is 0 Å². The van der Waals surface area contributed by atoms with Crippen molar-refractivity contribution in [2.45, 2.75) is 12.5 Å². The Morgan fingerprint density at radius 2 is 2.00 bits per heavy atom. The molecule has 1 aliphatic heterocycles. The van der Waals surface area contributed by atoms with Crippen LogP contribution in [0.4, 0.5) is 5.82 Å². The first kappa shape index (κ1) is 17.1. The lowest BCUT2D eigenvalue weighted by atomic mass is 10.2. The third kappa shape index (κ3) is 3.01. The van der Waals surface area contributed by atoms with Gasteiger partial charge in [0.1, 0.15) is 5.82 Å². The molecule has 0 spiro atoms. The number of fused-ring (bicyclic) bond motifs is 1. The fourth-order valence-electron chi connectivity index (χ4n) is 3.44. The molecule has 0 bridgehead atoms. The van der Waals surface area contributed by atoms with Gasteiger partial charge in [-0.2, -0.15) is 5.10 Å². The minimum Gasteiger partial charge on any atom is -0.356 e. The molecule has 0 aliphatic carbocycles. The second kappa shape index (κ2) is 6.42. The van der Waals surface area contributed by atoms with E-state index in [0.29, 0.717) is 24.5 Å². The van der Waals surface area contributed by atoms with Crippen LogP contribution in [0.15, 0.2) is 46.2 Å². The lowest BCUT2D eigenvalue weighted by Gasteiger charge is -2.21. The summed E-state index contributed by atoms with van der Waals surface area (Å²) in [5, 5.41) is 7.15. The highest BCUT2D eigenvalue weighted by Gasteiger charge is 2.26. The van der Waals surface area contributed by atoms with E-state index in [2.05, 4.69) is 10.4 Å². The average molecular weight is 368 g/mol. The van der Waals surface area contributed by atoms with Gasteiger partial charge in [-0.25, -0.2) is 9.31 Å².